The van der Waals surface area contributed by atoms with Crippen molar-refractivity contribution in [3.63, 3.8) is 0 Å². The number of hydrogen-bond donors (Lipinski definition) is 11. The van der Waals surface area contributed by atoms with Gasteiger partial charge in [-0.05, 0) is 17.7 Å². The minimum Gasteiger partial charge on any atom is -0.492 e. The first-order chi connectivity index (χ1) is 31.1. The first-order valence-corrected chi connectivity index (χ1v) is 20.2. The zero-order valence-corrected chi connectivity index (χ0v) is 34.6. The molecule has 5 aliphatic rings. The zero-order chi connectivity index (χ0) is 46.5. The number of aliphatic hydroxyl groups excluding tert-OH is 9. The fourth-order valence-electron chi connectivity index (χ4n) is 7.95. The van der Waals surface area contributed by atoms with E-state index in [0.29, 0.717) is 17.1 Å². The van der Waals surface area contributed by atoms with Gasteiger partial charge in [0.2, 0.25) is 24.3 Å². The highest BCUT2D eigenvalue weighted by molar-refractivity contribution is 5.91. The Labute approximate surface area is 366 Å². The molecule has 11 N–H and O–H groups in total. The molecule has 1 aromatic heterocycles. The molecule has 3 aromatic rings. The van der Waals surface area contributed by atoms with Gasteiger partial charge in [0, 0.05) is 6.07 Å². The number of aliphatic hydroxyl groups is 11. The summed E-state index contributed by atoms with van der Waals surface area (Å²) in [6, 6.07) is 6.13. The summed E-state index contributed by atoms with van der Waals surface area (Å²) in [7, 11) is 2.50. The van der Waals surface area contributed by atoms with Gasteiger partial charge >= 0.3 is 0 Å². The molecule has 5 aliphatic heterocycles. The molecule has 360 valence electrons. The second-order valence-corrected chi connectivity index (χ2v) is 16.1. The van der Waals surface area contributed by atoms with Crippen LogP contribution in [0.2, 0.25) is 0 Å². The van der Waals surface area contributed by atoms with Crippen LogP contribution in [0.1, 0.15) is 0 Å². The third-order valence-electron chi connectivity index (χ3n) is 11.9. The van der Waals surface area contributed by atoms with Crippen LogP contribution in [0.5, 0.6) is 28.7 Å². The predicted octanol–water partition coefficient (Wildman–Crippen LogP) is -4.86. The summed E-state index contributed by atoms with van der Waals surface area (Å²) in [5, 5.41) is 117. The molecule has 65 heavy (non-hydrogen) atoms. The van der Waals surface area contributed by atoms with Crippen LogP contribution in [0.4, 0.5) is 0 Å². The van der Waals surface area contributed by atoms with Gasteiger partial charge in [-0.2, -0.15) is 0 Å². The number of hydrogen-bond acceptors (Lipinski definition) is 25. The maximum atomic E-state index is 14.0. The van der Waals surface area contributed by atoms with Crippen molar-refractivity contribution < 1.29 is 117 Å². The van der Waals surface area contributed by atoms with Gasteiger partial charge in [0.25, 0.3) is 0 Å². The molecule has 0 aliphatic carbocycles. The highest BCUT2D eigenvalue weighted by atomic mass is 16.8. The number of methoxy groups -OCH3 is 2. The van der Waals surface area contributed by atoms with Crippen LogP contribution in [-0.2, 0) is 33.2 Å². The van der Waals surface area contributed by atoms with Crippen LogP contribution in [-0.4, -0.2) is 214 Å². The van der Waals surface area contributed by atoms with Gasteiger partial charge in [0.15, 0.2) is 41.9 Å². The van der Waals surface area contributed by atoms with Crippen molar-refractivity contribution in [2.75, 3.05) is 60.7 Å². The van der Waals surface area contributed by atoms with Crippen LogP contribution in [0, 0.1) is 0 Å². The van der Waals surface area contributed by atoms with E-state index in [-0.39, 0.29) is 40.6 Å². The van der Waals surface area contributed by atoms with E-state index in [1.807, 2.05) is 0 Å². The summed E-state index contributed by atoms with van der Waals surface area (Å²) >= 11 is 0. The Morgan fingerprint density at radius 2 is 1.29 bits per heavy atom. The second kappa shape index (κ2) is 18.9. The van der Waals surface area contributed by atoms with Gasteiger partial charge in [-0.15, -0.1) is 0 Å². The minimum absolute atomic E-state index is 0.0125. The predicted molar refractivity (Wildman–Crippen MR) is 207 cm³/mol. The van der Waals surface area contributed by atoms with Crippen molar-refractivity contribution in [1.82, 2.24) is 0 Å². The fraction of sp³-hybridized carbons (Fsp3) is 0.625. The zero-order valence-electron chi connectivity index (χ0n) is 34.6. The maximum absolute atomic E-state index is 14.0. The molecule has 2 aromatic carbocycles. The number of ether oxygens (including phenoxy) is 12. The van der Waals surface area contributed by atoms with Crippen molar-refractivity contribution in [2.24, 2.45) is 0 Å². The van der Waals surface area contributed by atoms with Crippen LogP contribution < -0.4 is 29.1 Å². The lowest BCUT2D eigenvalue weighted by Gasteiger charge is -2.46. The smallest absolute Gasteiger partial charge is 0.231 e. The molecule has 6 heterocycles. The molecule has 16 atom stereocenters. The van der Waals surface area contributed by atoms with Gasteiger partial charge in [-0.3, -0.25) is 4.79 Å². The molecule has 25 nitrogen and oxygen atoms in total. The molecular formula is C40H50O25. The lowest BCUT2D eigenvalue weighted by atomic mass is 9.96. The summed E-state index contributed by atoms with van der Waals surface area (Å²) in [6.45, 7) is -4.15. The van der Waals surface area contributed by atoms with E-state index >= 15 is 0 Å². The van der Waals surface area contributed by atoms with E-state index in [1.165, 1.54) is 26.5 Å². The van der Waals surface area contributed by atoms with Crippen molar-refractivity contribution in [3.05, 3.63) is 40.8 Å². The Bertz CT molecular complexity index is 2210. The van der Waals surface area contributed by atoms with Crippen LogP contribution in [0.3, 0.4) is 0 Å². The number of benzene rings is 2. The molecule has 0 bridgehead atoms. The lowest BCUT2D eigenvalue weighted by Crippen LogP contribution is -2.65. The average molecular weight is 931 g/mol. The normalized spacial score (nSPS) is 38.0. The van der Waals surface area contributed by atoms with Gasteiger partial charge < -0.3 is 117 Å². The molecular weight excluding hydrogens is 880 g/mol. The summed E-state index contributed by atoms with van der Waals surface area (Å²) in [6.07, 6.45) is -24.0. The first-order valence-electron chi connectivity index (χ1n) is 20.2. The van der Waals surface area contributed by atoms with Gasteiger partial charge in [-0.25, -0.2) is 0 Å². The number of rotatable bonds is 15. The molecule has 4 fully saturated rings. The first kappa shape index (κ1) is 47.4. The van der Waals surface area contributed by atoms with Gasteiger partial charge in [0.05, 0.1) is 59.4 Å². The molecule has 0 radical (unpaired) electrons. The number of fused-ring (bicyclic) bond motifs is 2. The third-order valence-corrected chi connectivity index (χ3v) is 11.9. The average Bonchev–Trinajstić information content (AvgIpc) is 3.99. The van der Waals surface area contributed by atoms with E-state index < -0.39 is 142 Å². The Hall–Kier alpha value is -4.07. The van der Waals surface area contributed by atoms with Crippen LogP contribution in [0.25, 0.3) is 22.1 Å². The van der Waals surface area contributed by atoms with Crippen molar-refractivity contribution >= 4 is 11.0 Å². The molecule has 25 heteroatoms. The molecule has 0 unspecified atom stereocenters. The van der Waals surface area contributed by atoms with E-state index in [1.54, 1.807) is 18.2 Å². The Morgan fingerprint density at radius 3 is 1.91 bits per heavy atom. The lowest BCUT2D eigenvalue weighted by molar-refractivity contribution is -0.358. The standard InChI is InChI=1S/C40H50O25/c1-53-31-20(6-19-23(32(31)54-2)24(43)16(7-55-19)15-3-4-17-18(5-15)61-14-60-17)62-35-29(48)27(46)30(22(64-35)9-57-38-34(50)40(52,11-42)13-59-38)65-36-28(47)26(45)25(44)21(63-36)8-56-37-33(49)39(51,10-41)12-58-37/h3-7,21-22,25-30,33-38,41-42,44-52H,8-14H2,1-2H3/t21-,22+,25-,26+,27+,28+,29+,30+,33-,34+,35+,36+,37-,38-,39+,40+/m1/s1. The highest BCUT2D eigenvalue weighted by Crippen LogP contribution is 2.45. The van der Waals surface area contributed by atoms with Crippen LogP contribution in [0.15, 0.2) is 39.7 Å². The van der Waals surface area contributed by atoms with E-state index in [9.17, 15) is 61.0 Å². The van der Waals surface area contributed by atoms with Gasteiger partial charge in [0.1, 0.15) is 89.5 Å². The van der Waals surface area contributed by atoms with E-state index in [2.05, 4.69) is 0 Å². The van der Waals surface area contributed by atoms with Gasteiger partial charge in [-0.1, -0.05) is 6.07 Å². The summed E-state index contributed by atoms with van der Waals surface area (Å²) in [4.78, 5) is 14.0. The van der Waals surface area contributed by atoms with Crippen LogP contribution >= 0.6 is 0 Å². The minimum atomic E-state index is -2.11. The SMILES string of the molecule is COc1c(O[C@H]2O[C@@H](CO[C@@H]3OC[C@@](O)(CO)[C@H]3O)[C@H](O[C@@H]3O[C@H](CO[C@@H]4OC[C@@](O)(CO)[C@@H]4O)[C@@H](O)[C@H](O)[C@@H]3O)[C@@H](O)[C@@H]2O)cc2occ(-c3ccc4c(c3)OCO4)c(=O)c2c1OC. The summed E-state index contributed by atoms with van der Waals surface area (Å²) in [5.41, 5.74) is -4.18. The highest BCUT2D eigenvalue weighted by Gasteiger charge is 2.54. The van der Waals surface area contributed by atoms with E-state index in [4.69, 9.17) is 61.3 Å². The molecule has 0 saturated carbocycles. The second-order valence-electron chi connectivity index (χ2n) is 16.1. The maximum Gasteiger partial charge on any atom is 0.231 e. The molecule has 4 saturated heterocycles. The monoisotopic (exact) mass is 930 g/mol. The topological polar surface area (TPSA) is 364 Å². The third kappa shape index (κ3) is 8.71. The Kier molecular flexibility index (Phi) is 13.8. The summed E-state index contributed by atoms with van der Waals surface area (Å²) in [5.74, 6) is 0.367. The van der Waals surface area contributed by atoms with E-state index in [0.717, 1.165) is 0 Å². The largest absolute Gasteiger partial charge is 0.492 e. The quantitative estimate of drug-likeness (QED) is 0.0681. The molecule has 0 amide bonds. The van der Waals surface area contributed by atoms with Crippen molar-refractivity contribution in [3.8, 4) is 39.9 Å². The Morgan fingerprint density at radius 1 is 0.692 bits per heavy atom. The molecule has 8 rings (SSSR count). The van der Waals surface area contributed by atoms with Crippen molar-refractivity contribution in [2.45, 2.75) is 97.4 Å². The van der Waals surface area contributed by atoms with Crippen molar-refractivity contribution in [1.29, 1.82) is 0 Å². The Balaban J connectivity index is 1.05. The summed E-state index contributed by atoms with van der Waals surface area (Å²) < 4.78 is 73.5. The fourth-order valence-corrected chi connectivity index (χ4v) is 7.95. The molecule has 0 spiro atoms.